The van der Waals surface area contributed by atoms with E-state index in [2.05, 4.69) is 20.6 Å². The van der Waals surface area contributed by atoms with Crippen LogP contribution in [0.25, 0.3) is 10.9 Å². The number of nitrogens with zero attached hydrogens (tertiary/aromatic N) is 2. The predicted octanol–water partition coefficient (Wildman–Crippen LogP) is 6.00. The molecule has 0 unspecified atom stereocenters. The Morgan fingerprint density at radius 3 is 2.42 bits per heavy atom. The quantitative estimate of drug-likeness (QED) is 0.305. The number of hydrogen-bond donors (Lipinski definition) is 2. The van der Waals surface area contributed by atoms with Gasteiger partial charge in [0.1, 0.15) is 36.5 Å². The second kappa shape index (κ2) is 9.92. The van der Waals surface area contributed by atoms with E-state index in [0.717, 1.165) is 0 Å². The summed E-state index contributed by atoms with van der Waals surface area (Å²) in [6.07, 6.45) is -3.36. The second-order valence-corrected chi connectivity index (χ2v) is 7.90. The number of ether oxygens (including phenoxy) is 4. The van der Waals surface area contributed by atoms with Gasteiger partial charge in [0, 0.05) is 11.8 Å². The summed E-state index contributed by atoms with van der Waals surface area (Å²) in [5.41, 5.74) is -0.926. The van der Waals surface area contributed by atoms with Crippen molar-refractivity contribution >= 4 is 28.3 Å². The monoisotopic (exact) mass is 530 g/mol. The Labute approximate surface area is 212 Å². The molecule has 2 heterocycles. The fourth-order valence-electron chi connectivity index (χ4n) is 3.71. The summed E-state index contributed by atoms with van der Waals surface area (Å²) in [6, 6.07) is 8.50. The molecule has 0 fully saturated rings. The normalized spacial score (nSPS) is 12.7. The number of benzene rings is 3. The van der Waals surface area contributed by atoms with Crippen LogP contribution in [-0.2, 0) is 6.18 Å². The standard InChI is InChI=1S/C25H18F4N4O5/c1-35-19-11-18-20(22-21(19)36-8-9-37-22)23(31-12-30-18)38-15-5-3-14(4-6-15)32-24(34)33-17-10-13(25(27,28)29)2-7-16(17)26/h2-7,10-12H,8-9H2,1H3,(H2,32,33,34). The third-order valence-electron chi connectivity index (χ3n) is 5.43. The highest BCUT2D eigenvalue weighted by Gasteiger charge is 2.31. The summed E-state index contributed by atoms with van der Waals surface area (Å²) in [6.45, 7) is 0.664. The van der Waals surface area contributed by atoms with Crippen molar-refractivity contribution in [1.29, 1.82) is 0 Å². The van der Waals surface area contributed by atoms with E-state index in [0.29, 0.717) is 65.3 Å². The summed E-state index contributed by atoms with van der Waals surface area (Å²) in [5.74, 6) is 0.782. The smallest absolute Gasteiger partial charge is 0.416 e. The molecule has 2 N–H and O–H groups in total. The Hall–Kier alpha value is -4.81. The summed E-state index contributed by atoms with van der Waals surface area (Å²) < 4.78 is 75.4. The molecule has 196 valence electrons. The lowest BCUT2D eigenvalue weighted by molar-refractivity contribution is -0.137. The van der Waals surface area contributed by atoms with Crippen LogP contribution in [0.2, 0.25) is 0 Å². The Balaban J connectivity index is 1.32. The van der Waals surface area contributed by atoms with Gasteiger partial charge in [-0.1, -0.05) is 0 Å². The molecule has 0 radical (unpaired) electrons. The van der Waals surface area contributed by atoms with E-state index in [-0.39, 0.29) is 11.6 Å². The lowest BCUT2D eigenvalue weighted by atomic mass is 10.1. The molecule has 1 aliphatic heterocycles. The summed E-state index contributed by atoms with van der Waals surface area (Å²) in [7, 11) is 1.50. The molecule has 4 aromatic rings. The molecule has 5 rings (SSSR count). The average Bonchev–Trinajstić information content (AvgIpc) is 2.90. The maximum atomic E-state index is 13.9. The number of fused-ring (bicyclic) bond motifs is 3. The van der Waals surface area contributed by atoms with Crippen LogP contribution in [0.15, 0.2) is 54.9 Å². The molecular weight excluding hydrogens is 512 g/mol. The van der Waals surface area contributed by atoms with Crippen molar-refractivity contribution < 1.29 is 41.3 Å². The highest BCUT2D eigenvalue weighted by atomic mass is 19.4. The third-order valence-corrected chi connectivity index (χ3v) is 5.43. The van der Waals surface area contributed by atoms with Crippen molar-refractivity contribution in [3.05, 3.63) is 66.2 Å². The van der Waals surface area contributed by atoms with Crippen LogP contribution in [-0.4, -0.2) is 36.3 Å². The van der Waals surface area contributed by atoms with Gasteiger partial charge < -0.3 is 29.6 Å². The lowest BCUT2D eigenvalue weighted by Crippen LogP contribution is -2.20. The fraction of sp³-hybridized carbons (Fsp3) is 0.160. The third kappa shape index (κ3) is 5.03. The van der Waals surface area contributed by atoms with Crippen LogP contribution in [0.4, 0.5) is 33.7 Å². The molecule has 1 aliphatic rings. The number of carbonyl (C=O) groups excluding carboxylic acids is 1. The van der Waals surface area contributed by atoms with Crippen molar-refractivity contribution in [2.24, 2.45) is 0 Å². The van der Waals surface area contributed by atoms with E-state index in [1.807, 2.05) is 0 Å². The number of carbonyl (C=O) groups is 1. The van der Waals surface area contributed by atoms with Gasteiger partial charge >= 0.3 is 12.2 Å². The zero-order valence-electron chi connectivity index (χ0n) is 19.6. The first-order chi connectivity index (χ1) is 18.2. The number of nitrogens with one attached hydrogen (secondary N) is 2. The van der Waals surface area contributed by atoms with E-state index in [9.17, 15) is 22.4 Å². The first-order valence-corrected chi connectivity index (χ1v) is 11.1. The molecule has 1 aromatic heterocycles. The maximum absolute atomic E-state index is 13.9. The van der Waals surface area contributed by atoms with Crippen LogP contribution in [0.3, 0.4) is 0 Å². The van der Waals surface area contributed by atoms with Crippen molar-refractivity contribution in [3.63, 3.8) is 0 Å². The van der Waals surface area contributed by atoms with Crippen LogP contribution in [0.1, 0.15) is 5.56 Å². The van der Waals surface area contributed by atoms with E-state index >= 15 is 0 Å². The molecule has 0 atom stereocenters. The highest BCUT2D eigenvalue weighted by Crippen LogP contribution is 2.47. The SMILES string of the molecule is COc1cc2ncnc(Oc3ccc(NC(=O)Nc4cc(C(F)(F)F)ccc4F)cc3)c2c2c1OCCO2. The predicted molar refractivity (Wildman–Crippen MR) is 128 cm³/mol. The number of amides is 2. The minimum atomic E-state index is -4.68. The minimum Gasteiger partial charge on any atom is -0.493 e. The van der Waals surface area contributed by atoms with Crippen molar-refractivity contribution in [2.45, 2.75) is 6.18 Å². The van der Waals surface area contributed by atoms with Gasteiger partial charge in [-0.25, -0.2) is 19.2 Å². The number of hydrogen-bond acceptors (Lipinski definition) is 7. The molecule has 2 amide bonds. The van der Waals surface area contributed by atoms with Gasteiger partial charge in [-0.2, -0.15) is 13.2 Å². The van der Waals surface area contributed by atoms with Gasteiger partial charge in [0.2, 0.25) is 11.6 Å². The first kappa shape index (κ1) is 24.9. The largest absolute Gasteiger partial charge is 0.493 e. The molecule has 0 spiro atoms. The Morgan fingerprint density at radius 1 is 0.974 bits per heavy atom. The molecule has 0 aliphatic carbocycles. The molecule has 38 heavy (non-hydrogen) atoms. The Kier molecular flexibility index (Phi) is 6.49. The van der Waals surface area contributed by atoms with Crippen molar-refractivity contribution in [1.82, 2.24) is 9.97 Å². The van der Waals surface area contributed by atoms with Crippen LogP contribution in [0.5, 0.6) is 28.9 Å². The molecule has 13 heteroatoms. The number of anilines is 2. The van der Waals surface area contributed by atoms with Gasteiger partial charge in [0.25, 0.3) is 0 Å². The number of rotatable bonds is 5. The average molecular weight is 530 g/mol. The zero-order valence-corrected chi connectivity index (χ0v) is 19.6. The van der Waals surface area contributed by atoms with Crippen molar-refractivity contribution in [2.75, 3.05) is 31.0 Å². The number of urea groups is 1. The summed E-state index contributed by atoms with van der Waals surface area (Å²) in [5, 5.41) is 4.97. The second-order valence-electron chi connectivity index (χ2n) is 7.90. The van der Waals surface area contributed by atoms with Gasteiger partial charge in [0.05, 0.1) is 23.9 Å². The van der Waals surface area contributed by atoms with Gasteiger partial charge in [-0.3, -0.25) is 0 Å². The molecule has 9 nitrogen and oxygen atoms in total. The summed E-state index contributed by atoms with van der Waals surface area (Å²) in [4.78, 5) is 20.7. The number of methoxy groups -OCH3 is 1. The minimum absolute atomic E-state index is 0.192. The van der Waals surface area contributed by atoms with Crippen molar-refractivity contribution in [3.8, 4) is 28.9 Å². The van der Waals surface area contributed by atoms with E-state index in [1.165, 1.54) is 37.7 Å². The fourth-order valence-corrected chi connectivity index (χ4v) is 3.71. The number of halogens is 4. The maximum Gasteiger partial charge on any atom is 0.416 e. The van der Waals surface area contributed by atoms with Gasteiger partial charge in [0.15, 0.2) is 11.5 Å². The van der Waals surface area contributed by atoms with E-state index in [4.69, 9.17) is 18.9 Å². The summed E-state index contributed by atoms with van der Waals surface area (Å²) >= 11 is 0. The molecule has 0 saturated carbocycles. The van der Waals surface area contributed by atoms with E-state index < -0.39 is 29.3 Å². The first-order valence-electron chi connectivity index (χ1n) is 11.1. The van der Waals surface area contributed by atoms with E-state index in [1.54, 1.807) is 6.07 Å². The van der Waals surface area contributed by atoms with Gasteiger partial charge in [-0.15, -0.1) is 0 Å². The van der Waals surface area contributed by atoms with Crippen LogP contribution < -0.4 is 29.6 Å². The lowest BCUT2D eigenvalue weighted by Gasteiger charge is -2.22. The highest BCUT2D eigenvalue weighted by molar-refractivity contribution is 6.00. The Morgan fingerprint density at radius 2 is 1.71 bits per heavy atom. The van der Waals surface area contributed by atoms with Gasteiger partial charge in [-0.05, 0) is 42.5 Å². The zero-order chi connectivity index (χ0) is 26.9. The number of alkyl halides is 3. The molecule has 3 aromatic carbocycles. The van der Waals surface area contributed by atoms with Crippen LogP contribution in [0, 0.1) is 5.82 Å². The van der Waals surface area contributed by atoms with Crippen LogP contribution >= 0.6 is 0 Å². The number of aromatic nitrogens is 2. The topological polar surface area (TPSA) is 104 Å². The molecule has 0 bridgehead atoms. The Bertz CT molecular complexity index is 1510. The molecular formula is C25H18F4N4O5. The molecule has 0 saturated heterocycles.